The Morgan fingerprint density at radius 3 is 2.61 bits per heavy atom. The molecule has 2 aliphatic rings. The standard InChI is InChI=1S/C18H24FNO3/c19-15-3-5-16(6-4-15)23-17-7-9-20(10-8-17)18(21)12-14-2-1-11-22-13-14/h3-6,14,17H,1-2,7-13H2/t14-/m0/s1. The van der Waals surface area contributed by atoms with Crippen molar-refractivity contribution in [2.45, 2.75) is 38.2 Å². The number of amides is 1. The maximum atomic E-state index is 12.9. The van der Waals surface area contributed by atoms with Crippen molar-refractivity contribution in [2.24, 2.45) is 5.92 Å². The minimum Gasteiger partial charge on any atom is -0.490 e. The Labute approximate surface area is 136 Å². The van der Waals surface area contributed by atoms with E-state index in [1.54, 1.807) is 12.1 Å². The second-order valence-corrected chi connectivity index (χ2v) is 6.44. The molecule has 3 rings (SSSR count). The fourth-order valence-electron chi connectivity index (χ4n) is 3.27. The van der Waals surface area contributed by atoms with Gasteiger partial charge in [-0.3, -0.25) is 4.79 Å². The van der Waals surface area contributed by atoms with Gasteiger partial charge in [-0.2, -0.15) is 0 Å². The summed E-state index contributed by atoms with van der Waals surface area (Å²) in [6.45, 7) is 3.02. The van der Waals surface area contributed by atoms with Gasteiger partial charge in [-0.1, -0.05) is 0 Å². The number of carbonyl (C=O) groups excluding carboxylic acids is 1. The number of benzene rings is 1. The molecule has 2 heterocycles. The van der Waals surface area contributed by atoms with Gasteiger partial charge < -0.3 is 14.4 Å². The highest BCUT2D eigenvalue weighted by atomic mass is 19.1. The van der Waals surface area contributed by atoms with Crippen molar-refractivity contribution in [2.75, 3.05) is 26.3 Å². The zero-order valence-corrected chi connectivity index (χ0v) is 13.4. The van der Waals surface area contributed by atoms with Crippen LogP contribution in [0, 0.1) is 11.7 Å². The maximum Gasteiger partial charge on any atom is 0.222 e. The van der Waals surface area contributed by atoms with Crippen LogP contribution in [-0.2, 0) is 9.53 Å². The molecule has 0 aromatic heterocycles. The molecule has 126 valence electrons. The summed E-state index contributed by atoms with van der Waals surface area (Å²) in [5.41, 5.74) is 0. The zero-order valence-electron chi connectivity index (χ0n) is 13.4. The van der Waals surface area contributed by atoms with Gasteiger partial charge in [0, 0.05) is 45.6 Å². The predicted octanol–water partition coefficient (Wildman–Crippen LogP) is 3.01. The minimum absolute atomic E-state index is 0.0996. The Morgan fingerprint density at radius 2 is 1.96 bits per heavy atom. The van der Waals surface area contributed by atoms with Crippen LogP contribution in [0.2, 0.25) is 0 Å². The third kappa shape index (κ3) is 4.67. The number of likely N-dealkylation sites (tertiary alicyclic amines) is 1. The van der Waals surface area contributed by atoms with Gasteiger partial charge in [-0.25, -0.2) is 4.39 Å². The summed E-state index contributed by atoms with van der Waals surface area (Å²) in [5, 5.41) is 0. The average Bonchev–Trinajstić information content (AvgIpc) is 2.58. The highest BCUT2D eigenvalue weighted by molar-refractivity contribution is 5.76. The maximum absolute atomic E-state index is 12.9. The number of hydrogen-bond acceptors (Lipinski definition) is 3. The largest absolute Gasteiger partial charge is 0.490 e. The van der Waals surface area contributed by atoms with Gasteiger partial charge in [0.15, 0.2) is 0 Å². The van der Waals surface area contributed by atoms with Crippen molar-refractivity contribution in [1.82, 2.24) is 4.90 Å². The Morgan fingerprint density at radius 1 is 1.22 bits per heavy atom. The Hall–Kier alpha value is -1.62. The second-order valence-electron chi connectivity index (χ2n) is 6.44. The van der Waals surface area contributed by atoms with E-state index in [0.717, 1.165) is 52.0 Å². The van der Waals surface area contributed by atoms with E-state index in [0.29, 0.717) is 18.1 Å². The summed E-state index contributed by atoms with van der Waals surface area (Å²) in [6.07, 6.45) is 4.50. The molecule has 0 spiro atoms. The number of ether oxygens (including phenoxy) is 2. The molecule has 0 saturated carbocycles. The van der Waals surface area contributed by atoms with Gasteiger partial charge in [0.05, 0.1) is 0 Å². The number of nitrogens with zero attached hydrogens (tertiary/aromatic N) is 1. The van der Waals surface area contributed by atoms with Gasteiger partial charge in [-0.15, -0.1) is 0 Å². The van der Waals surface area contributed by atoms with Crippen molar-refractivity contribution in [3.05, 3.63) is 30.1 Å². The molecule has 2 saturated heterocycles. The predicted molar refractivity (Wildman–Crippen MR) is 84.8 cm³/mol. The Balaban J connectivity index is 1.42. The molecule has 0 unspecified atom stereocenters. The van der Waals surface area contributed by atoms with E-state index in [2.05, 4.69) is 0 Å². The molecule has 5 heteroatoms. The Kier molecular flexibility index (Phi) is 5.49. The van der Waals surface area contributed by atoms with Crippen LogP contribution in [0.4, 0.5) is 4.39 Å². The lowest BCUT2D eigenvalue weighted by molar-refractivity contribution is -0.135. The molecule has 23 heavy (non-hydrogen) atoms. The molecular weight excluding hydrogens is 297 g/mol. The third-order valence-corrected chi connectivity index (χ3v) is 4.63. The molecular formula is C18H24FNO3. The van der Waals surface area contributed by atoms with E-state index in [1.165, 1.54) is 12.1 Å². The molecule has 1 aromatic rings. The molecule has 0 bridgehead atoms. The molecule has 1 atom stereocenters. The number of hydrogen-bond donors (Lipinski definition) is 0. The summed E-state index contributed by atoms with van der Waals surface area (Å²) in [7, 11) is 0. The smallest absolute Gasteiger partial charge is 0.222 e. The van der Waals surface area contributed by atoms with Crippen molar-refractivity contribution in [3.63, 3.8) is 0 Å². The first-order chi connectivity index (χ1) is 11.2. The van der Waals surface area contributed by atoms with Gasteiger partial charge in [-0.05, 0) is 43.0 Å². The van der Waals surface area contributed by atoms with Gasteiger partial charge in [0.2, 0.25) is 5.91 Å². The van der Waals surface area contributed by atoms with Gasteiger partial charge in [0.25, 0.3) is 0 Å². The topological polar surface area (TPSA) is 38.8 Å². The molecule has 0 aliphatic carbocycles. The summed E-state index contributed by atoms with van der Waals surface area (Å²) < 4.78 is 24.2. The lowest BCUT2D eigenvalue weighted by Crippen LogP contribution is -2.42. The van der Waals surface area contributed by atoms with E-state index in [-0.39, 0.29) is 17.8 Å². The molecule has 4 nitrogen and oxygen atoms in total. The first-order valence-corrected chi connectivity index (χ1v) is 8.48. The van der Waals surface area contributed by atoms with Crippen LogP contribution in [0.25, 0.3) is 0 Å². The lowest BCUT2D eigenvalue weighted by Gasteiger charge is -2.33. The number of halogens is 1. The van der Waals surface area contributed by atoms with Crippen LogP contribution in [-0.4, -0.2) is 43.2 Å². The Bertz CT molecular complexity index is 506. The number of rotatable bonds is 4. The number of carbonyl (C=O) groups is 1. The molecule has 1 amide bonds. The van der Waals surface area contributed by atoms with Gasteiger partial charge >= 0.3 is 0 Å². The fraction of sp³-hybridized carbons (Fsp3) is 0.611. The van der Waals surface area contributed by atoms with Crippen LogP contribution < -0.4 is 4.74 Å². The minimum atomic E-state index is -0.260. The van der Waals surface area contributed by atoms with Crippen LogP contribution in [0.15, 0.2) is 24.3 Å². The van der Waals surface area contributed by atoms with Crippen LogP contribution in [0.1, 0.15) is 32.1 Å². The summed E-state index contributed by atoms with van der Waals surface area (Å²) in [6, 6.07) is 6.10. The first kappa shape index (κ1) is 16.2. The molecule has 0 N–H and O–H groups in total. The highest BCUT2D eigenvalue weighted by Gasteiger charge is 2.26. The molecule has 2 aliphatic heterocycles. The first-order valence-electron chi connectivity index (χ1n) is 8.48. The van der Waals surface area contributed by atoms with Gasteiger partial charge in [0.1, 0.15) is 17.7 Å². The quantitative estimate of drug-likeness (QED) is 0.856. The second kappa shape index (κ2) is 7.77. The van der Waals surface area contributed by atoms with E-state index in [9.17, 15) is 9.18 Å². The van der Waals surface area contributed by atoms with Crippen molar-refractivity contribution in [1.29, 1.82) is 0 Å². The highest BCUT2D eigenvalue weighted by Crippen LogP contribution is 2.22. The SMILES string of the molecule is O=C(C[C@@H]1CCCOC1)N1CCC(Oc2ccc(F)cc2)CC1. The van der Waals surface area contributed by atoms with Crippen molar-refractivity contribution < 1.29 is 18.7 Å². The van der Waals surface area contributed by atoms with Crippen molar-refractivity contribution in [3.8, 4) is 5.75 Å². The van der Waals surface area contributed by atoms with E-state index in [1.807, 2.05) is 4.90 Å². The molecule has 1 aromatic carbocycles. The average molecular weight is 321 g/mol. The van der Waals surface area contributed by atoms with E-state index >= 15 is 0 Å². The van der Waals surface area contributed by atoms with Crippen LogP contribution in [0.5, 0.6) is 5.75 Å². The molecule has 0 radical (unpaired) electrons. The third-order valence-electron chi connectivity index (χ3n) is 4.63. The fourth-order valence-corrected chi connectivity index (χ4v) is 3.27. The van der Waals surface area contributed by atoms with E-state index < -0.39 is 0 Å². The zero-order chi connectivity index (χ0) is 16.1. The summed E-state index contributed by atoms with van der Waals surface area (Å²) in [4.78, 5) is 14.3. The lowest BCUT2D eigenvalue weighted by atomic mass is 9.97. The summed E-state index contributed by atoms with van der Waals surface area (Å²) in [5.74, 6) is 1.05. The van der Waals surface area contributed by atoms with Crippen LogP contribution >= 0.6 is 0 Å². The van der Waals surface area contributed by atoms with Crippen LogP contribution in [0.3, 0.4) is 0 Å². The molecule has 2 fully saturated rings. The monoisotopic (exact) mass is 321 g/mol. The number of piperidine rings is 1. The van der Waals surface area contributed by atoms with Crippen molar-refractivity contribution >= 4 is 5.91 Å². The normalized spacial score (nSPS) is 22.8. The van der Waals surface area contributed by atoms with E-state index in [4.69, 9.17) is 9.47 Å². The summed E-state index contributed by atoms with van der Waals surface area (Å²) >= 11 is 0.